The van der Waals surface area contributed by atoms with Gasteiger partial charge in [-0.25, -0.2) is 4.39 Å². The molecule has 0 rings (SSSR count). The molecule has 0 aromatic carbocycles. The van der Waals surface area contributed by atoms with Crippen LogP contribution in [0.1, 0.15) is 1.37 Å². The van der Waals surface area contributed by atoms with Crippen LogP contribution in [-0.2, 0) is 4.79 Å². The van der Waals surface area contributed by atoms with Gasteiger partial charge in [0.1, 0.15) is 0 Å². The van der Waals surface area contributed by atoms with Crippen molar-refractivity contribution in [3.05, 3.63) is 0 Å². The molecule has 1 unspecified atom stereocenters. The van der Waals surface area contributed by atoms with Crippen molar-refractivity contribution in [2.75, 3.05) is 0 Å². The van der Waals surface area contributed by atoms with Crippen LogP contribution in [0, 0.1) is 0 Å². The SMILES string of the molecule is [2H]C(F)(Cl)C(=O)Cl. The Morgan fingerprint density at radius 1 is 2.17 bits per heavy atom. The molecule has 0 bridgehead atoms. The summed E-state index contributed by atoms with van der Waals surface area (Å²) in [7, 11) is 0. The minimum absolute atomic E-state index is 1.52. The number of halogens is 3. The number of hydrogen-bond acceptors (Lipinski definition) is 1. The number of rotatable bonds is 1. The molecule has 0 aliphatic carbocycles. The quantitative estimate of drug-likeness (QED) is 0.388. The Morgan fingerprint density at radius 3 is 2.33 bits per heavy atom. The van der Waals surface area contributed by atoms with E-state index in [0.29, 0.717) is 0 Å². The van der Waals surface area contributed by atoms with Gasteiger partial charge in [-0.15, -0.1) is 0 Å². The van der Waals surface area contributed by atoms with Crippen LogP contribution in [0.3, 0.4) is 0 Å². The molecular formula is C2HCl2FO. The summed E-state index contributed by atoms with van der Waals surface area (Å²) in [4.78, 5) is 9.54. The van der Waals surface area contributed by atoms with E-state index in [4.69, 9.17) is 1.37 Å². The van der Waals surface area contributed by atoms with Crippen LogP contribution in [0.15, 0.2) is 0 Å². The molecule has 0 amide bonds. The second-order valence-electron chi connectivity index (χ2n) is 0.534. The third-order valence-electron chi connectivity index (χ3n) is 0.149. The van der Waals surface area contributed by atoms with Gasteiger partial charge in [0.25, 0.3) is 5.24 Å². The summed E-state index contributed by atoms with van der Waals surface area (Å²) in [5.41, 5.74) is -3.15. The van der Waals surface area contributed by atoms with E-state index in [1.165, 1.54) is 0 Å². The van der Waals surface area contributed by atoms with E-state index in [0.717, 1.165) is 0 Å². The van der Waals surface area contributed by atoms with E-state index in [9.17, 15) is 9.18 Å². The maximum atomic E-state index is 11.5. The molecule has 0 N–H and O–H groups in total. The van der Waals surface area contributed by atoms with Crippen molar-refractivity contribution >= 4 is 28.4 Å². The molecule has 1 nitrogen and oxygen atoms in total. The highest BCUT2D eigenvalue weighted by atomic mass is 35.5. The van der Waals surface area contributed by atoms with Gasteiger partial charge in [0.2, 0.25) is 5.61 Å². The molecule has 0 radical (unpaired) electrons. The number of alkyl halides is 2. The normalized spacial score (nSPS) is 21.5. The van der Waals surface area contributed by atoms with Crippen molar-refractivity contribution in [3.8, 4) is 0 Å². The molecular weight excluding hydrogens is 130 g/mol. The smallest absolute Gasteiger partial charge is 0.271 e. The van der Waals surface area contributed by atoms with E-state index < -0.39 is 10.8 Å². The van der Waals surface area contributed by atoms with Gasteiger partial charge < -0.3 is 0 Å². The average Bonchev–Trinajstić information content (AvgIpc) is 1.31. The van der Waals surface area contributed by atoms with Gasteiger partial charge in [0, 0.05) is 0 Å². The Kier molecular flexibility index (Phi) is 1.71. The number of hydrogen-bond donors (Lipinski definition) is 0. The van der Waals surface area contributed by atoms with Crippen LogP contribution in [0.5, 0.6) is 0 Å². The maximum Gasteiger partial charge on any atom is 0.271 e. The van der Waals surface area contributed by atoms with Gasteiger partial charge >= 0.3 is 0 Å². The predicted molar refractivity (Wildman–Crippen MR) is 21.6 cm³/mol. The first-order chi connectivity index (χ1) is 2.94. The van der Waals surface area contributed by atoms with Crippen LogP contribution < -0.4 is 0 Å². The molecule has 0 saturated heterocycles. The lowest BCUT2D eigenvalue weighted by Crippen LogP contribution is -1.97. The Bertz CT molecular complexity index is 88.2. The summed E-state index contributed by atoms with van der Waals surface area (Å²) in [5.74, 6) is 0. The average molecular weight is 132 g/mol. The fraction of sp³-hybridized carbons (Fsp3) is 0.500. The van der Waals surface area contributed by atoms with E-state index in [1.807, 2.05) is 0 Å². The molecule has 36 valence electrons. The lowest BCUT2D eigenvalue weighted by Gasteiger charge is -1.81. The Hall–Kier alpha value is 0.180. The number of carbonyl (C=O) groups is 1. The van der Waals surface area contributed by atoms with Gasteiger partial charge in [-0.05, 0) is 11.6 Å². The summed E-state index contributed by atoms with van der Waals surface area (Å²) in [6, 6.07) is 0. The van der Waals surface area contributed by atoms with Crippen LogP contribution in [-0.4, -0.2) is 10.8 Å². The molecule has 4 heteroatoms. The Balaban J connectivity index is 3.79. The molecule has 6 heavy (non-hydrogen) atoms. The van der Waals surface area contributed by atoms with Crippen LogP contribution in [0.2, 0.25) is 0 Å². The third kappa shape index (κ3) is 2.42. The van der Waals surface area contributed by atoms with Gasteiger partial charge in [-0.1, -0.05) is 11.6 Å². The van der Waals surface area contributed by atoms with Crippen molar-refractivity contribution in [1.82, 2.24) is 0 Å². The first kappa shape index (κ1) is 4.34. The second kappa shape index (κ2) is 2.37. The van der Waals surface area contributed by atoms with Crippen molar-refractivity contribution in [2.24, 2.45) is 0 Å². The molecule has 0 aromatic heterocycles. The van der Waals surface area contributed by atoms with Crippen molar-refractivity contribution in [2.45, 2.75) is 5.61 Å². The number of carbonyl (C=O) groups excluding carboxylic acids is 1. The third-order valence-corrected chi connectivity index (χ3v) is 0.583. The van der Waals surface area contributed by atoms with E-state index in [-0.39, 0.29) is 0 Å². The first-order valence-corrected chi connectivity index (χ1v) is 1.78. The molecule has 0 aromatic rings. The molecule has 1 atom stereocenters. The van der Waals surface area contributed by atoms with Crippen molar-refractivity contribution in [1.29, 1.82) is 0 Å². The summed E-state index contributed by atoms with van der Waals surface area (Å²) < 4.78 is 17.5. The summed E-state index contributed by atoms with van der Waals surface area (Å²) in [6.45, 7) is 0. The van der Waals surface area contributed by atoms with Gasteiger partial charge in [-0.3, -0.25) is 4.79 Å². The largest absolute Gasteiger partial charge is 0.276 e. The van der Waals surface area contributed by atoms with E-state index in [1.54, 1.807) is 0 Å². The Morgan fingerprint density at radius 2 is 2.33 bits per heavy atom. The molecule has 0 fully saturated rings. The molecule has 0 saturated carbocycles. The fourth-order valence-corrected chi connectivity index (χ4v) is 0. The van der Waals surface area contributed by atoms with E-state index >= 15 is 0 Å². The maximum absolute atomic E-state index is 11.5. The minimum atomic E-state index is -3.15. The molecule has 0 aliphatic heterocycles. The van der Waals surface area contributed by atoms with Crippen molar-refractivity contribution in [3.63, 3.8) is 0 Å². The second-order valence-corrected chi connectivity index (χ2v) is 1.21. The minimum Gasteiger partial charge on any atom is -0.276 e. The molecule has 0 heterocycles. The topological polar surface area (TPSA) is 17.1 Å². The lowest BCUT2D eigenvalue weighted by molar-refractivity contribution is -0.113. The van der Waals surface area contributed by atoms with Gasteiger partial charge in [0.05, 0.1) is 1.37 Å². The van der Waals surface area contributed by atoms with Crippen LogP contribution in [0.4, 0.5) is 4.39 Å². The van der Waals surface area contributed by atoms with Crippen molar-refractivity contribution < 1.29 is 10.6 Å². The highest BCUT2D eigenvalue weighted by Gasteiger charge is 2.06. The van der Waals surface area contributed by atoms with Crippen LogP contribution in [0.25, 0.3) is 0 Å². The van der Waals surface area contributed by atoms with Crippen LogP contribution >= 0.6 is 23.2 Å². The van der Waals surface area contributed by atoms with E-state index in [2.05, 4.69) is 23.2 Å². The zero-order valence-electron chi connectivity index (χ0n) is 3.54. The molecule has 0 aliphatic rings. The Labute approximate surface area is 45.4 Å². The standard InChI is InChI=1S/C2HCl2FO/c3-1(5)2(4)6/h1H/i1D. The fourth-order valence-electron chi connectivity index (χ4n) is 0. The van der Waals surface area contributed by atoms with Gasteiger partial charge in [0.15, 0.2) is 0 Å². The lowest BCUT2D eigenvalue weighted by atomic mass is 10.9. The zero-order valence-corrected chi connectivity index (χ0v) is 4.05. The summed E-state index contributed by atoms with van der Waals surface area (Å²) in [6.07, 6.45) is 0. The molecule has 0 spiro atoms. The zero-order chi connectivity index (χ0) is 6.08. The monoisotopic (exact) mass is 131 g/mol. The predicted octanol–water partition coefficient (Wildman–Crippen LogP) is 1.29. The highest BCUT2D eigenvalue weighted by molar-refractivity contribution is 6.68. The highest BCUT2D eigenvalue weighted by Crippen LogP contribution is 1.99. The first-order valence-electron chi connectivity index (χ1n) is 1.52. The summed E-state index contributed by atoms with van der Waals surface area (Å²) >= 11 is 8.81. The summed E-state index contributed by atoms with van der Waals surface area (Å²) in [5, 5.41) is -1.52. The van der Waals surface area contributed by atoms with Gasteiger partial charge in [-0.2, -0.15) is 0 Å².